The van der Waals surface area contributed by atoms with Crippen molar-refractivity contribution in [1.82, 2.24) is 10.3 Å². The van der Waals surface area contributed by atoms with Gasteiger partial charge in [-0.15, -0.1) is 0 Å². The Balaban J connectivity index is 2.70. The highest BCUT2D eigenvalue weighted by atomic mass is 16.5. The highest BCUT2D eigenvalue weighted by Gasteiger charge is 2.10. The Kier molecular flexibility index (Phi) is 7.42. The smallest absolute Gasteiger partial charge is 0.137 e. The van der Waals surface area contributed by atoms with E-state index < -0.39 is 0 Å². The van der Waals surface area contributed by atoms with Crippen LogP contribution in [0.2, 0.25) is 0 Å². The molecule has 1 heterocycles. The van der Waals surface area contributed by atoms with Crippen molar-refractivity contribution in [3.05, 3.63) is 24.0 Å². The largest absolute Gasteiger partial charge is 0.492 e. The first-order valence-electron chi connectivity index (χ1n) is 7.12. The summed E-state index contributed by atoms with van der Waals surface area (Å²) in [7, 11) is 0. The number of rotatable bonds is 9. The lowest BCUT2D eigenvalue weighted by molar-refractivity contribution is 0.315. The minimum Gasteiger partial charge on any atom is -0.492 e. The Morgan fingerprint density at radius 2 is 2.00 bits per heavy atom. The summed E-state index contributed by atoms with van der Waals surface area (Å²) in [5.74, 6) is 0.883. The second-order valence-corrected chi connectivity index (χ2v) is 4.60. The molecule has 0 aliphatic rings. The van der Waals surface area contributed by atoms with Crippen molar-refractivity contribution in [2.45, 2.75) is 52.5 Å². The van der Waals surface area contributed by atoms with Crippen molar-refractivity contribution in [2.24, 2.45) is 0 Å². The van der Waals surface area contributed by atoms with Crippen LogP contribution in [0.3, 0.4) is 0 Å². The van der Waals surface area contributed by atoms with Crippen molar-refractivity contribution in [3.63, 3.8) is 0 Å². The van der Waals surface area contributed by atoms with Gasteiger partial charge < -0.3 is 10.1 Å². The zero-order valence-corrected chi connectivity index (χ0v) is 11.9. The van der Waals surface area contributed by atoms with Crippen LogP contribution >= 0.6 is 0 Å². The fourth-order valence-corrected chi connectivity index (χ4v) is 1.92. The van der Waals surface area contributed by atoms with E-state index in [1.165, 1.54) is 12.0 Å². The molecule has 0 saturated carbocycles. The zero-order valence-electron chi connectivity index (χ0n) is 11.9. The first-order chi connectivity index (χ1) is 8.81. The maximum absolute atomic E-state index is 5.64. The molecule has 0 amide bonds. The van der Waals surface area contributed by atoms with Gasteiger partial charge in [-0.05, 0) is 37.4 Å². The van der Waals surface area contributed by atoms with Gasteiger partial charge in [0.25, 0.3) is 0 Å². The first-order valence-corrected chi connectivity index (χ1v) is 7.12. The van der Waals surface area contributed by atoms with Gasteiger partial charge in [-0.25, -0.2) is 0 Å². The second-order valence-electron chi connectivity index (χ2n) is 4.60. The highest BCUT2D eigenvalue weighted by molar-refractivity contribution is 5.26. The van der Waals surface area contributed by atoms with Crippen molar-refractivity contribution in [1.29, 1.82) is 0 Å². The Hall–Kier alpha value is -1.09. The molecule has 1 rings (SSSR count). The molecule has 0 aromatic carbocycles. The van der Waals surface area contributed by atoms with Gasteiger partial charge in [-0.3, -0.25) is 4.98 Å². The SMILES string of the molecule is CCCNC(CCC)c1cncc(OCCC)c1. The van der Waals surface area contributed by atoms with E-state index >= 15 is 0 Å². The average Bonchev–Trinajstić information content (AvgIpc) is 2.41. The molecule has 18 heavy (non-hydrogen) atoms. The molecular weight excluding hydrogens is 224 g/mol. The summed E-state index contributed by atoms with van der Waals surface area (Å²) >= 11 is 0. The van der Waals surface area contributed by atoms with Crippen molar-refractivity contribution < 1.29 is 4.74 Å². The number of aromatic nitrogens is 1. The van der Waals surface area contributed by atoms with Crippen LogP contribution in [0.15, 0.2) is 18.5 Å². The van der Waals surface area contributed by atoms with E-state index in [0.717, 1.165) is 38.2 Å². The quantitative estimate of drug-likeness (QED) is 0.725. The zero-order chi connectivity index (χ0) is 13.2. The maximum Gasteiger partial charge on any atom is 0.137 e. The molecule has 3 nitrogen and oxygen atoms in total. The van der Waals surface area contributed by atoms with E-state index in [0.29, 0.717) is 6.04 Å². The molecule has 0 aliphatic heterocycles. The number of nitrogens with one attached hydrogen (secondary N) is 1. The summed E-state index contributed by atoms with van der Waals surface area (Å²) in [5.41, 5.74) is 1.24. The summed E-state index contributed by atoms with van der Waals surface area (Å²) in [4.78, 5) is 4.28. The van der Waals surface area contributed by atoms with Crippen molar-refractivity contribution in [3.8, 4) is 5.75 Å². The third-order valence-corrected chi connectivity index (χ3v) is 2.83. The van der Waals surface area contributed by atoms with E-state index in [9.17, 15) is 0 Å². The van der Waals surface area contributed by atoms with Gasteiger partial charge in [-0.1, -0.05) is 27.2 Å². The molecule has 3 heteroatoms. The number of hydrogen-bond acceptors (Lipinski definition) is 3. The summed E-state index contributed by atoms with van der Waals surface area (Å²) in [6.45, 7) is 8.32. The molecule has 0 saturated heterocycles. The standard InChI is InChI=1S/C15H26N2O/c1-4-7-15(17-8-5-2)13-10-14(12-16-11-13)18-9-6-3/h10-12,15,17H,4-9H2,1-3H3. The van der Waals surface area contributed by atoms with Gasteiger partial charge in [0.15, 0.2) is 0 Å². The fraction of sp³-hybridized carbons (Fsp3) is 0.667. The lowest BCUT2D eigenvalue weighted by atomic mass is 10.0. The molecular formula is C15H26N2O. The van der Waals surface area contributed by atoms with Crippen molar-refractivity contribution in [2.75, 3.05) is 13.2 Å². The summed E-state index contributed by atoms with van der Waals surface area (Å²) < 4.78 is 5.64. The van der Waals surface area contributed by atoms with Crippen molar-refractivity contribution >= 4 is 0 Å². The predicted molar refractivity (Wildman–Crippen MR) is 76.0 cm³/mol. The predicted octanol–water partition coefficient (Wildman–Crippen LogP) is 3.71. The van der Waals surface area contributed by atoms with E-state index in [-0.39, 0.29) is 0 Å². The van der Waals surface area contributed by atoms with E-state index in [1.54, 1.807) is 6.20 Å². The first kappa shape index (κ1) is 15.0. The summed E-state index contributed by atoms with van der Waals surface area (Å²) in [5, 5.41) is 3.57. The van der Waals surface area contributed by atoms with Gasteiger partial charge in [-0.2, -0.15) is 0 Å². The summed E-state index contributed by atoms with van der Waals surface area (Å²) in [6, 6.07) is 2.51. The monoisotopic (exact) mass is 250 g/mol. The molecule has 0 spiro atoms. The minimum atomic E-state index is 0.396. The molecule has 0 radical (unpaired) electrons. The van der Waals surface area contributed by atoms with Crippen LogP contribution < -0.4 is 10.1 Å². The van der Waals surface area contributed by atoms with Gasteiger partial charge in [0.1, 0.15) is 5.75 Å². The molecule has 1 unspecified atom stereocenters. The molecule has 1 atom stereocenters. The van der Waals surface area contributed by atoms with Crippen LogP contribution in [0.25, 0.3) is 0 Å². The Morgan fingerprint density at radius 1 is 1.17 bits per heavy atom. The maximum atomic E-state index is 5.64. The highest BCUT2D eigenvalue weighted by Crippen LogP contribution is 2.21. The van der Waals surface area contributed by atoms with Crippen LogP contribution in [0.5, 0.6) is 5.75 Å². The molecule has 102 valence electrons. The lowest BCUT2D eigenvalue weighted by Crippen LogP contribution is -2.22. The molecule has 0 bridgehead atoms. The van der Waals surface area contributed by atoms with Gasteiger partial charge in [0.05, 0.1) is 12.8 Å². The van der Waals surface area contributed by atoms with E-state index in [4.69, 9.17) is 4.74 Å². The lowest BCUT2D eigenvalue weighted by Gasteiger charge is -2.18. The van der Waals surface area contributed by atoms with Gasteiger partial charge in [0.2, 0.25) is 0 Å². The molecule has 1 aromatic rings. The molecule has 1 N–H and O–H groups in total. The number of hydrogen-bond donors (Lipinski definition) is 1. The van der Waals surface area contributed by atoms with Crippen LogP contribution in [0.1, 0.15) is 58.1 Å². The van der Waals surface area contributed by atoms with Crippen LogP contribution in [0, 0.1) is 0 Å². The number of pyridine rings is 1. The number of ether oxygens (including phenoxy) is 1. The van der Waals surface area contributed by atoms with Crippen LogP contribution in [0.4, 0.5) is 0 Å². The number of nitrogens with zero attached hydrogens (tertiary/aromatic N) is 1. The Labute approximate surface area is 111 Å². The summed E-state index contributed by atoms with van der Waals surface area (Å²) in [6.07, 6.45) is 8.22. The third kappa shape index (κ3) is 5.05. The van der Waals surface area contributed by atoms with Gasteiger partial charge >= 0.3 is 0 Å². The van der Waals surface area contributed by atoms with Crippen LogP contribution in [-0.2, 0) is 0 Å². The Bertz CT molecular complexity index is 328. The molecule has 1 aromatic heterocycles. The van der Waals surface area contributed by atoms with Crippen LogP contribution in [-0.4, -0.2) is 18.1 Å². The van der Waals surface area contributed by atoms with E-state index in [2.05, 4.69) is 37.1 Å². The normalized spacial score (nSPS) is 12.4. The van der Waals surface area contributed by atoms with Gasteiger partial charge in [0, 0.05) is 12.2 Å². The average molecular weight is 250 g/mol. The Morgan fingerprint density at radius 3 is 2.67 bits per heavy atom. The topological polar surface area (TPSA) is 34.2 Å². The third-order valence-electron chi connectivity index (χ3n) is 2.83. The molecule has 0 aliphatic carbocycles. The molecule has 0 fully saturated rings. The minimum absolute atomic E-state index is 0.396. The second kappa shape index (κ2) is 8.92. The van der Waals surface area contributed by atoms with E-state index in [1.807, 2.05) is 6.20 Å². The fourth-order valence-electron chi connectivity index (χ4n) is 1.92.